The van der Waals surface area contributed by atoms with Gasteiger partial charge < -0.3 is 15.0 Å². The van der Waals surface area contributed by atoms with Gasteiger partial charge in [0.15, 0.2) is 0 Å². The highest BCUT2D eigenvalue weighted by Crippen LogP contribution is 2.48. The first-order valence-electron chi connectivity index (χ1n) is 10.7. The summed E-state index contributed by atoms with van der Waals surface area (Å²) in [5.41, 5.74) is 1.85. The van der Waals surface area contributed by atoms with Crippen molar-refractivity contribution in [1.29, 1.82) is 0 Å². The first-order chi connectivity index (χ1) is 13.4. The molecule has 152 valence electrons. The number of hydrogen-bond acceptors (Lipinski definition) is 3. The van der Waals surface area contributed by atoms with E-state index in [0.29, 0.717) is 18.3 Å². The molecule has 0 aromatic heterocycles. The predicted molar refractivity (Wildman–Crippen MR) is 109 cm³/mol. The molecule has 1 N–H and O–H groups in total. The number of carbonyl (C=O) groups is 2. The second-order valence-electron chi connectivity index (χ2n) is 9.23. The Morgan fingerprint density at radius 3 is 2.64 bits per heavy atom. The number of carbonyl (C=O) groups excluding carboxylic acids is 2. The molecule has 1 aliphatic carbocycles. The molecule has 5 nitrogen and oxygen atoms in total. The van der Waals surface area contributed by atoms with E-state index < -0.39 is 0 Å². The van der Waals surface area contributed by atoms with Gasteiger partial charge in [0.1, 0.15) is 0 Å². The fraction of sp³-hybridized carbons (Fsp3) is 0.652. The molecule has 2 saturated heterocycles. The van der Waals surface area contributed by atoms with E-state index >= 15 is 0 Å². The van der Waals surface area contributed by atoms with E-state index in [2.05, 4.69) is 31.3 Å². The lowest BCUT2D eigenvalue weighted by molar-refractivity contribution is -0.153. The molecule has 0 unspecified atom stereocenters. The van der Waals surface area contributed by atoms with Crippen LogP contribution in [0.1, 0.15) is 71.0 Å². The van der Waals surface area contributed by atoms with Crippen LogP contribution in [-0.4, -0.2) is 30.0 Å². The van der Waals surface area contributed by atoms with Crippen LogP contribution in [-0.2, 0) is 14.3 Å². The molecular formula is C23H32N2O3. The van der Waals surface area contributed by atoms with Gasteiger partial charge in [0, 0.05) is 43.5 Å². The summed E-state index contributed by atoms with van der Waals surface area (Å²) in [5, 5.41) is 3.26. The maximum atomic E-state index is 12.0. The van der Waals surface area contributed by atoms with Gasteiger partial charge in [-0.25, -0.2) is 0 Å². The van der Waals surface area contributed by atoms with Crippen LogP contribution in [0.25, 0.3) is 0 Å². The largest absolute Gasteiger partial charge is 0.370 e. The van der Waals surface area contributed by atoms with E-state index in [-0.39, 0.29) is 29.6 Å². The van der Waals surface area contributed by atoms with Crippen LogP contribution in [0.15, 0.2) is 24.3 Å². The normalized spacial score (nSPS) is 35.5. The summed E-state index contributed by atoms with van der Waals surface area (Å²) in [6.07, 6.45) is 5.85. The fourth-order valence-electron chi connectivity index (χ4n) is 5.54. The monoisotopic (exact) mass is 384 g/mol. The van der Waals surface area contributed by atoms with Crippen LogP contribution < -0.4 is 10.2 Å². The van der Waals surface area contributed by atoms with Crippen LogP contribution in [0.5, 0.6) is 0 Å². The minimum Gasteiger partial charge on any atom is -0.370 e. The summed E-state index contributed by atoms with van der Waals surface area (Å²) in [5.74, 6) is 1.26. The van der Waals surface area contributed by atoms with Crippen molar-refractivity contribution in [3.05, 3.63) is 29.8 Å². The summed E-state index contributed by atoms with van der Waals surface area (Å²) in [7, 11) is 0. The molecule has 5 atom stereocenters. The topological polar surface area (TPSA) is 58.6 Å². The number of nitrogens with one attached hydrogen (secondary N) is 1. The number of nitrogens with zero attached hydrogens (tertiary/aromatic N) is 1. The Morgan fingerprint density at radius 1 is 1.25 bits per heavy atom. The van der Waals surface area contributed by atoms with Gasteiger partial charge in [-0.15, -0.1) is 0 Å². The van der Waals surface area contributed by atoms with E-state index in [0.717, 1.165) is 43.5 Å². The van der Waals surface area contributed by atoms with Crippen LogP contribution >= 0.6 is 0 Å². The zero-order valence-corrected chi connectivity index (χ0v) is 17.2. The smallest absolute Gasteiger partial charge is 0.227 e. The van der Waals surface area contributed by atoms with E-state index in [1.807, 2.05) is 17.0 Å². The molecule has 2 aliphatic heterocycles. The first kappa shape index (κ1) is 19.4. The van der Waals surface area contributed by atoms with Crippen molar-refractivity contribution in [2.75, 3.05) is 11.4 Å². The van der Waals surface area contributed by atoms with Gasteiger partial charge in [0.25, 0.3) is 0 Å². The molecule has 2 amide bonds. The Kier molecular flexibility index (Phi) is 5.21. The third-order valence-electron chi connectivity index (χ3n) is 6.93. The van der Waals surface area contributed by atoms with Gasteiger partial charge >= 0.3 is 0 Å². The Labute approximate surface area is 167 Å². The van der Waals surface area contributed by atoms with Crippen molar-refractivity contribution >= 4 is 17.5 Å². The number of rotatable bonds is 3. The van der Waals surface area contributed by atoms with Crippen LogP contribution in [0.3, 0.4) is 0 Å². The van der Waals surface area contributed by atoms with Crippen molar-refractivity contribution in [3.8, 4) is 0 Å². The first-order valence-corrected chi connectivity index (χ1v) is 10.7. The molecule has 0 bridgehead atoms. The summed E-state index contributed by atoms with van der Waals surface area (Å²) in [4.78, 5) is 25.8. The quantitative estimate of drug-likeness (QED) is 0.858. The van der Waals surface area contributed by atoms with Gasteiger partial charge in [-0.05, 0) is 49.8 Å². The lowest BCUT2D eigenvalue weighted by Gasteiger charge is -2.52. The van der Waals surface area contributed by atoms with Gasteiger partial charge in [0.2, 0.25) is 11.8 Å². The van der Waals surface area contributed by atoms with Crippen molar-refractivity contribution in [2.24, 2.45) is 11.8 Å². The number of ether oxygens (including phenoxy) is 1. The Morgan fingerprint density at radius 2 is 2.00 bits per heavy atom. The zero-order valence-electron chi connectivity index (χ0n) is 17.2. The third-order valence-corrected chi connectivity index (χ3v) is 6.93. The molecule has 4 rings (SSSR count). The maximum Gasteiger partial charge on any atom is 0.227 e. The summed E-state index contributed by atoms with van der Waals surface area (Å²) >= 11 is 0. The lowest BCUT2D eigenvalue weighted by atomic mass is 9.66. The molecule has 5 heteroatoms. The third kappa shape index (κ3) is 3.69. The SMILES string of the molecule is CC(=O)N[C@@]1(C)C[C@H](c2ccc(N3CCCC3=O)cc2)O[C@@H]2C[C@H](C)CC[C@H]21. The van der Waals surface area contributed by atoms with E-state index in [1.54, 1.807) is 6.92 Å². The summed E-state index contributed by atoms with van der Waals surface area (Å²) in [6.45, 7) is 6.90. The number of amides is 2. The van der Waals surface area contributed by atoms with Crippen LogP contribution in [0.2, 0.25) is 0 Å². The second kappa shape index (κ2) is 7.51. The number of fused-ring (bicyclic) bond motifs is 1. The van der Waals surface area contributed by atoms with Gasteiger partial charge in [-0.1, -0.05) is 25.5 Å². The Hall–Kier alpha value is -1.88. The highest BCUT2D eigenvalue weighted by molar-refractivity contribution is 5.95. The molecule has 2 heterocycles. The van der Waals surface area contributed by atoms with Gasteiger partial charge in [0.05, 0.1) is 12.2 Å². The average molecular weight is 385 g/mol. The number of benzene rings is 1. The zero-order chi connectivity index (χ0) is 19.9. The van der Waals surface area contributed by atoms with Crippen molar-refractivity contribution in [3.63, 3.8) is 0 Å². The molecule has 1 saturated carbocycles. The molecule has 3 fully saturated rings. The Bertz CT molecular complexity index is 747. The summed E-state index contributed by atoms with van der Waals surface area (Å²) in [6, 6.07) is 8.25. The van der Waals surface area contributed by atoms with Crippen molar-refractivity contribution in [1.82, 2.24) is 5.32 Å². The van der Waals surface area contributed by atoms with Gasteiger partial charge in [-0.3, -0.25) is 9.59 Å². The van der Waals surface area contributed by atoms with Gasteiger partial charge in [-0.2, -0.15) is 0 Å². The van der Waals surface area contributed by atoms with Crippen molar-refractivity contribution in [2.45, 2.75) is 77.0 Å². The molecular weight excluding hydrogens is 352 g/mol. The Balaban J connectivity index is 1.56. The lowest BCUT2D eigenvalue weighted by Crippen LogP contribution is -2.60. The molecule has 0 spiro atoms. The summed E-state index contributed by atoms with van der Waals surface area (Å²) < 4.78 is 6.58. The van der Waals surface area contributed by atoms with Crippen molar-refractivity contribution < 1.29 is 14.3 Å². The highest BCUT2D eigenvalue weighted by Gasteiger charge is 2.49. The van der Waals surface area contributed by atoms with E-state index in [4.69, 9.17) is 4.74 Å². The second-order valence-corrected chi connectivity index (χ2v) is 9.23. The minimum absolute atomic E-state index is 0.0309. The average Bonchev–Trinajstić information content (AvgIpc) is 3.06. The predicted octanol–water partition coefficient (Wildman–Crippen LogP) is 3.97. The molecule has 1 aromatic rings. The fourth-order valence-corrected chi connectivity index (χ4v) is 5.54. The maximum absolute atomic E-state index is 12.0. The molecule has 28 heavy (non-hydrogen) atoms. The number of hydrogen-bond donors (Lipinski definition) is 1. The number of anilines is 1. The standard InChI is InChI=1S/C23H32N2O3/c1-15-6-11-19-20(13-15)28-21(14-23(19,3)24-16(2)26)17-7-9-18(10-8-17)25-12-4-5-22(25)27/h7-10,15,19-21H,4-6,11-14H2,1-3H3,(H,24,26)/t15-,19-,20-,21-,23+/m1/s1. The van der Waals surface area contributed by atoms with E-state index in [9.17, 15) is 9.59 Å². The highest BCUT2D eigenvalue weighted by atomic mass is 16.5. The van der Waals surface area contributed by atoms with Crippen LogP contribution in [0.4, 0.5) is 5.69 Å². The minimum atomic E-state index is -0.247. The van der Waals surface area contributed by atoms with Crippen LogP contribution in [0, 0.1) is 11.8 Å². The molecule has 0 radical (unpaired) electrons. The molecule has 1 aromatic carbocycles. The molecule has 3 aliphatic rings. The van der Waals surface area contributed by atoms with E-state index in [1.165, 1.54) is 6.42 Å².